The Hall–Kier alpha value is -0.750. The Bertz CT molecular complexity index is 367. The molecule has 1 aliphatic rings. The third kappa shape index (κ3) is 5.03. The summed E-state index contributed by atoms with van der Waals surface area (Å²) in [5.41, 5.74) is 0.943. The van der Waals surface area contributed by atoms with E-state index in [1.54, 1.807) is 19.5 Å². The first-order valence-electron chi connectivity index (χ1n) is 6.69. The number of hydrogen-bond donors (Lipinski definition) is 1. The van der Waals surface area contributed by atoms with Crippen molar-refractivity contribution in [2.75, 3.05) is 33.4 Å². The first-order valence-corrected chi connectivity index (χ1v) is 7.07. The van der Waals surface area contributed by atoms with E-state index in [0.29, 0.717) is 11.2 Å². The molecule has 19 heavy (non-hydrogen) atoms. The van der Waals surface area contributed by atoms with Crippen LogP contribution in [0.2, 0.25) is 5.15 Å². The largest absolute Gasteiger partial charge is 0.383 e. The van der Waals surface area contributed by atoms with Gasteiger partial charge < -0.3 is 10.1 Å². The van der Waals surface area contributed by atoms with Gasteiger partial charge in [0, 0.05) is 32.8 Å². The first-order chi connectivity index (χ1) is 9.28. The number of methoxy groups -OCH3 is 1. The van der Waals surface area contributed by atoms with Crippen LogP contribution in [0.5, 0.6) is 0 Å². The van der Waals surface area contributed by atoms with Crippen molar-refractivity contribution < 1.29 is 4.74 Å². The van der Waals surface area contributed by atoms with Gasteiger partial charge in [-0.3, -0.25) is 9.88 Å². The number of rotatable bonds is 7. The van der Waals surface area contributed by atoms with Gasteiger partial charge in [-0.2, -0.15) is 0 Å². The number of nitrogens with zero attached hydrogens (tertiary/aromatic N) is 3. The third-order valence-corrected chi connectivity index (χ3v) is 3.51. The summed E-state index contributed by atoms with van der Waals surface area (Å²) in [5, 5.41) is 3.95. The highest BCUT2D eigenvalue weighted by molar-refractivity contribution is 6.29. The zero-order valence-corrected chi connectivity index (χ0v) is 12.1. The Labute approximate surface area is 119 Å². The van der Waals surface area contributed by atoms with Crippen LogP contribution in [0.25, 0.3) is 0 Å². The van der Waals surface area contributed by atoms with E-state index in [9.17, 15) is 0 Å². The van der Waals surface area contributed by atoms with Crippen LogP contribution >= 0.6 is 11.6 Å². The van der Waals surface area contributed by atoms with E-state index in [1.165, 1.54) is 12.8 Å². The molecule has 1 saturated heterocycles. The number of nitrogens with one attached hydrogen (secondary N) is 1. The molecule has 1 aromatic heterocycles. The summed E-state index contributed by atoms with van der Waals surface area (Å²) in [6.07, 6.45) is 5.85. The molecule has 2 rings (SSSR count). The lowest BCUT2D eigenvalue weighted by atomic mass is 10.2. The average molecular weight is 285 g/mol. The molecule has 1 fully saturated rings. The molecule has 1 N–H and O–H groups in total. The highest BCUT2D eigenvalue weighted by atomic mass is 35.5. The van der Waals surface area contributed by atoms with Crippen molar-refractivity contribution >= 4 is 11.6 Å². The second-order valence-electron chi connectivity index (χ2n) is 4.85. The van der Waals surface area contributed by atoms with Crippen LogP contribution in [-0.4, -0.2) is 54.3 Å². The molecular formula is C13H21ClN4O. The zero-order valence-electron chi connectivity index (χ0n) is 11.3. The number of halogens is 1. The maximum Gasteiger partial charge on any atom is 0.147 e. The van der Waals surface area contributed by atoms with Crippen molar-refractivity contribution in [3.05, 3.63) is 23.2 Å². The van der Waals surface area contributed by atoms with Crippen molar-refractivity contribution in [2.24, 2.45) is 0 Å². The molecule has 0 amide bonds. The van der Waals surface area contributed by atoms with Crippen LogP contribution < -0.4 is 5.32 Å². The maximum atomic E-state index is 5.75. The second kappa shape index (κ2) is 7.75. The van der Waals surface area contributed by atoms with Crippen molar-refractivity contribution in [3.8, 4) is 0 Å². The van der Waals surface area contributed by atoms with Gasteiger partial charge in [0.2, 0.25) is 0 Å². The summed E-state index contributed by atoms with van der Waals surface area (Å²) in [4.78, 5) is 10.7. The molecule has 1 unspecified atom stereocenters. The topological polar surface area (TPSA) is 50.3 Å². The number of ether oxygens (including phenoxy) is 1. The minimum atomic E-state index is 0.435. The quantitative estimate of drug-likeness (QED) is 0.819. The van der Waals surface area contributed by atoms with Gasteiger partial charge in [0.25, 0.3) is 0 Å². The van der Waals surface area contributed by atoms with Crippen molar-refractivity contribution in [2.45, 2.75) is 25.4 Å². The minimum absolute atomic E-state index is 0.435. The molecule has 1 aromatic rings. The molecule has 0 radical (unpaired) electrons. The van der Waals surface area contributed by atoms with Gasteiger partial charge in [0.1, 0.15) is 5.15 Å². The molecule has 0 saturated carbocycles. The highest BCUT2D eigenvalue weighted by Gasteiger charge is 2.18. The predicted molar refractivity (Wildman–Crippen MR) is 75.2 cm³/mol. The highest BCUT2D eigenvalue weighted by Crippen LogP contribution is 2.10. The molecule has 1 aliphatic heterocycles. The van der Waals surface area contributed by atoms with Gasteiger partial charge in [-0.05, 0) is 19.4 Å². The van der Waals surface area contributed by atoms with E-state index in [-0.39, 0.29) is 0 Å². The van der Waals surface area contributed by atoms with Crippen LogP contribution in [0.3, 0.4) is 0 Å². The SMILES string of the molecule is COCCN(Cc1cnc(Cl)cn1)CC1CCCN1. The molecule has 5 nitrogen and oxygen atoms in total. The van der Waals surface area contributed by atoms with E-state index < -0.39 is 0 Å². The van der Waals surface area contributed by atoms with Crippen LogP contribution in [-0.2, 0) is 11.3 Å². The number of hydrogen-bond acceptors (Lipinski definition) is 5. The van der Waals surface area contributed by atoms with Crippen LogP contribution in [0.15, 0.2) is 12.4 Å². The third-order valence-electron chi connectivity index (χ3n) is 3.31. The molecule has 106 valence electrons. The fraction of sp³-hybridized carbons (Fsp3) is 0.692. The fourth-order valence-corrected chi connectivity index (χ4v) is 2.43. The Kier molecular flexibility index (Phi) is 5.97. The number of aromatic nitrogens is 2. The van der Waals surface area contributed by atoms with Crippen LogP contribution in [0.1, 0.15) is 18.5 Å². The first kappa shape index (κ1) is 14.7. The molecule has 1 atom stereocenters. The molecule has 0 aliphatic carbocycles. The summed E-state index contributed by atoms with van der Waals surface area (Å²) in [6.45, 7) is 4.57. The van der Waals surface area contributed by atoms with Gasteiger partial charge in [-0.1, -0.05) is 11.6 Å². The Morgan fingerprint density at radius 2 is 2.37 bits per heavy atom. The van der Waals surface area contributed by atoms with E-state index >= 15 is 0 Å². The zero-order chi connectivity index (χ0) is 13.5. The van der Waals surface area contributed by atoms with Crippen molar-refractivity contribution in [1.29, 1.82) is 0 Å². The monoisotopic (exact) mass is 284 g/mol. The van der Waals surface area contributed by atoms with Crippen molar-refractivity contribution in [1.82, 2.24) is 20.2 Å². The standard InChI is InChI=1S/C13H21ClN4O/c1-19-6-5-18(9-11-3-2-4-15-11)10-12-7-17-13(14)8-16-12/h7-8,11,15H,2-6,9-10H2,1H3. The van der Waals surface area contributed by atoms with E-state index in [0.717, 1.165) is 38.5 Å². The molecule has 0 aromatic carbocycles. The molecular weight excluding hydrogens is 264 g/mol. The van der Waals surface area contributed by atoms with Gasteiger partial charge in [-0.15, -0.1) is 0 Å². The summed E-state index contributed by atoms with van der Waals surface area (Å²) < 4.78 is 5.17. The predicted octanol–water partition coefficient (Wildman–Crippen LogP) is 1.33. The lowest BCUT2D eigenvalue weighted by Gasteiger charge is -2.24. The van der Waals surface area contributed by atoms with Gasteiger partial charge in [-0.25, -0.2) is 4.98 Å². The molecule has 2 heterocycles. The maximum absolute atomic E-state index is 5.75. The van der Waals surface area contributed by atoms with Gasteiger partial charge in [0.05, 0.1) is 24.7 Å². The Morgan fingerprint density at radius 3 is 3.00 bits per heavy atom. The lowest BCUT2D eigenvalue weighted by molar-refractivity contribution is 0.137. The molecule has 6 heteroatoms. The summed E-state index contributed by atoms with van der Waals surface area (Å²) in [5.74, 6) is 0. The average Bonchev–Trinajstić information content (AvgIpc) is 2.91. The minimum Gasteiger partial charge on any atom is -0.383 e. The van der Waals surface area contributed by atoms with E-state index in [1.807, 2.05) is 0 Å². The fourth-order valence-electron chi connectivity index (χ4n) is 2.33. The molecule has 0 spiro atoms. The summed E-state index contributed by atoms with van der Waals surface area (Å²) in [6, 6.07) is 0.581. The molecule has 0 bridgehead atoms. The van der Waals surface area contributed by atoms with Gasteiger partial charge in [0.15, 0.2) is 0 Å². The van der Waals surface area contributed by atoms with E-state index in [2.05, 4.69) is 20.2 Å². The Balaban J connectivity index is 1.89. The normalized spacial score (nSPS) is 19.2. The van der Waals surface area contributed by atoms with Crippen LogP contribution in [0, 0.1) is 0 Å². The lowest BCUT2D eigenvalue weighted by Crippen LogP contribution is -2.39. The summed E-state index contributed by atoms with van der Waals surface area (Å²) in [7, 11) is 1.73. The Morgan fingerprint density at radius 1 is 1.47 bits per heavy atom. The second-order valence-corrected chi connectivity index (χ2v) is 5.24. The van der Waals surface area contributed by atoms with E-state index in [4.69, 9.17) is 16.3 Å². The summed E-state index contributed by atoms with van der Waals surface area (Å²) >= 11 is 5.75. The smallest absolute Gasteiger partial charge is 0.147 e. The van der Waals surface area contributed by atoms with Crippen molar-refractivity contribution in [3.63, 3.8) is 0 Å². The van der Waals surface area contributed by atoms with Gasteiger partial charge >= 0.3 is 0 Å². The van der Waals surface area contributed by atoms with Crippen LogP contribution in [0.4, 0.5) is 0 Å².